The maximum Gasteiger partial charge on any atom is 0.314 e. The molecule has 2 bridgehead atoms. The summed E-state index contributed by atoms with van der Waals surface area (Å²) in [6, 6.07) is 0. The van der Waals surface area contributed by atoms with Crippen molar-refractivity contribution < 1.29 is 28.8 Å². The zero-order valence-corrected chi connectivity index (χ0v) is 15.6. The second-order valence-electron chi connectivity index (χ2n) is 9.24. The molecule has 6 nitrogen and oxygen atoms in total. The van der Waals surface area contributed by atoms with Crippen LogP contribution in [0.4, 0.5) is 0 Å². The van der Waals surface area contributed by atoms with Crippen LogP contribution in [0, 0.1) is 22.7 Å². The first-order chi connectivity index (χ1) is 11.0. The lowest BCUT2D eigenvalue weighted by molar-refractivity contribution is -0.295. The molecule has 2 fully saturated rings. The van der Waals surface area contributed by atoms with E-state index >= 15 is 0 Å². The van der Waals surface area contributed by atoms with Gasteiger partial charge in [0.25, 0.3) is 0 Å². The molecule has 1 saturated carbocycles. The molecule has 4 atom stereocenters. The number of hydrogen-bond acceptors (Lipinski definition) is 6. The van der Waals surface area contributed by atoms with Gasteiger partial charge in [-0.2, -0.15) is 0 Å². The normalized spacial score (nSPS) is 30.1. The Morgan fingerprint density at radius 3 is 1.96 bits per heavy atom. The number of rotatable bonds is 4. The Morgan fingerprint density at radius 2 is 1.42 bits per heavy atom. The van der Waals surface area contributed by atoms with E-state index in [0.717, 1.165) is 0 Å². The summed E-state index contributed by atoms with van der Waals surface area (Å²) in [4.78, 5) is 35.4. The molecule has 0 spiro atoms. The summed E-state index contributed by atoms with van der Waals surface area (Å²) in [5, 5.41) is 0. The van der Waals surface area contributed by atoms with E-state index in [0.29, 0.717) is 26.1 Å². The monoisotopic (exact) mass is 342 g/mol. The fourth-order valence-electron chi connectivity index (χ4n) is 2.84. The fraction of sp³-hybridized carbons (Fsp3) is 0.889. The molecule has 0 aromatic carbocycles. The van der Waals surface area contributed by atoms with Gasteiger partial charge in [-0.3, -0.25) is 9.59 Å². The third-order valence-corrected chi connectivity index (χ3v) is 4.07. The molecular weight excluding hydrogens is 312 g/mol. The molecule has 1 heterocycles. The van der Waals surface area contributed by atoms with Crippen LogP contribution in [-0.4, -0.2) is 37.4 Å². The Bertz CT molecular complexity index is 473. The van der Waals surface area contributed by atoms with E-state index in [9.17, 15) is 9.59 Å². The van der Waals surface area contributed by atoms with Gasteiger partial charge in [0.15, 0.2) is 0 Å². The van der Waals surface area contributed by atoms with Crippen molar-refractivity contribution in [2.24, 2.45) is 22.7 Å². The average molecular weight is 342 g/mol. The Morgan fingerprint density at radius 1 is 0.875 bits per heavy atom. The minimum atomic E-state index is -0.622. The molecule has 24 heavy (non-hydrogen) atoms. The predicted molar refractivity (Wildman–Crippen MR) is 86.8 cm³/mol. The predicted octanol–water partition coefficient (Wildman–Crippen LogP) is 2.89. The number of fused-ring (bicyclic) bond motifs is 2. The lowest BCUT2D eigenvalue weighted by atomic mass is 9.77. The van der Waals surface area contributed by atoms with Crippen molar-refractivity contribution in [3.05, 3.63) is 0 Å². The van der Waals surface area contributed by atoms with Gasteiger partial charge in [-0.1, -0.05) is 41.5 Å². The van der Waals surface area contributed by atoms with Crippen LogP contribution < -0.4 is 0 Å². The van der Waals surface area contributed by atoms with Crippen LogP contribution in [-0.2, 0) is 28.8 Å². The van der Waals surface area contributed by atoms with Crippen LogP contribution in [0.25, 0.3) is 0 Å². The third kappa shape index (κ3) is 4.93. The Balaban J connectivity index is 1.99. The minimum Gasteiger partial charge on any atom is -0.465 e. The van der Waals surface area contributed by atoms with E-state index in [1.165, 1.54) is 0 Å². The van der Waals surface area contributed by atoms with Crippen molar-refractivity contribution in [2.75, 3.05) is 13.2 Å². The van der Waals surface area contributed by atoms with Crippen LogP contribution in [0.2, 0.25) is 0 Å². The highest BCUT2D eigenvalue weighted by Gasteiger charge is 2.55. The van der Waals surface area contributed by atoms with Gasteiger partial charge in [0.05, 0.1) is 19.1 Å². The summed E-state index contributed by atoms with van der Waals surface area (Å²) >= 11 is 0. The van der Waals surface area contributed by atoms with E-state index in [4.69, 9.17) is 19.2 Å². The SMILES string of the molecule is CC(C)(C)COC(=O)C1CCC2OOC1C2C(=O)OCC(C)(C)C. The summed E-state index contributed by atoms with van der Waals surface area (Å²) in [7, 11) is 0. The highest BCUT2D eigenvalue weighted by Crippen LogP contribution is 2.41. The van der Waals surface area contributed by atoms with E-state index < -0.39 is 17.9 Å². The highest BCUT2D eigenvalue weighted by atomic mass is 17.2. The van der Waals surface area contributed by atoms with Crippen molar-refractivity contribution in [3.8, 4) is 0 Å². The second kappa shape index (κ2) is 7.00. The van der Waals surface area contributed by atoms with Crippen molar-refractivity contribution in [3.63, 3.8) is 0 Å². The topological polar surface area (TPSA) is 71.1 Å². The molecule has 1 aliphatic heterocycles. The standard InChI is InChI=1S/C18H30O6/c1-17(2,3)9-21-15(19)11-7-8-12-13(14(11)24-23-12)16(20)22-10-18(4,5)6/h11-14H,7-10H2,1-6H3. The van der Waals surface area contributed by atoms with E-state index in [1.54, 1.807) is 0 Å². The van der Waals surface area contributed by atoms with Gasteiger partial charge in [0, 0.05) is 0 Å². The van der Waals surface area contributed by atoms with Crippen LogP contribution in [0.15, 0.2) is 0 Å². The largest absolute Gasteiger partial charge is 0.465 e. The van der Waals surface area contributed by atoms with Gasteiger partial charge < -0.3 is 9.47 Å². The Labute approximate surface area is 144 Å². The molecule has 0 N–H and O–H groups in total. The fourth-order valence-corrected chi connectivity index (χ4v) is 2.84. The summed E-state index contributed by atoms with van der Waals surface area (Å²) in [6.07, 6.45) is 0.223. The zero-order chi connectivity index (χ0) is 18.1. The third-order valence-electron chi connectivity index (χ3n) is 4.07. The second-order valence-corrected chi connectivity index (χ2v) is 9.24. The molecule has 138 valence electrons. The molecule has 1 saturated heterocycles. The maximum atomic E-state index is 12.5. The Hall–Kier alpha value is -1.14. The number of esters is 2. The summed E-state index contributed by atoms with van der Waals surface area (Å²) in [5.41, 5.74) is -0.221. The molecule has 0 aromatic rings. The molecule has 0 aromatic heterocycles. The maximum absolute atomic E-state index is 12.5. The average Bonchev–Trinajstić information content (AvgIpc) is 2.74. The molecule has 0 radical (unpaired) electrons. The molecule has 6 heteroatoms. The van der Waals surface area contributed by atoms with E-state index in [1.807, 2.05) is 41.5 Å². The van der Waals surface area contributed by atoms with Gasteiger partial charge in [0.2, 0.25) is 0 Å². The lowest BCUT2D eigenvalue weighted by Gasteiger charge is -2.30. The quantitative estimate of drug-likeness (QED) is 0.578. The van der Waals surface area contributed by atoms with E-state index in [2.05, 4.69) is 0 Å². The van der Waals surface area contributed by atoms with Crippen LogP contribution in [0.1, 0.15) is 54.4 Å². The number of carbonyl (C=O) groups is 2. The van der Waals surface area contributed by atoms with Crippen LogP contribution in [0.5, 0.6) is 0 Å². The number of hydrogen-bond donors (Lipinski definition) is 0. The molecular formula is C18H30O6. The van der Waals surface area contributed by atoms with Gasteiger partial charge in [-0.25, -0.2) is 9.78 Å². The highest BCUT2D eigenvalue weighted by molar-refractivity contribution is 5.78. The molecule has 1 aliphatic carbocycles. The minimum absolute atomic E-state index is 0.106. The van der Waals surface area contributed by atoms with Crippen molar-refractivity contribution in [2.45, 2.75) is 66.6 Å². The first-order valence-corrected chi connectivity index (χ1v) is 8.63. The van der Waals surface area contributed by atoms with Crippen molar-refractivity contribution >= 4 is 11.9 Å². The molecule has 2 aliphatic rings. The van der Waals surface area contributed by atoms with Gasteiger partial charge >= 0.3 is 11.9 Å². The molecule has 2 rings (SSSR count). The summed E-state index contributed by atoms with van der Waals surface area (Å²) in [5.74, 6) is -1.73. The zero-order valence-electron chi connectivity index (χ0n) is 15.6. The lowest BCUT2D eigenvalue weighted by Crippen LogP contribution is -2.45. The van der Waals surface area contributed by atoms with Crippen molar-refractivity contribution in [1.82, 2.24) is 0 Å². The van der Waals surface area contributed by atoms with Crippen LogP contribution in [0.3, 0.4) is 0 Å². The van der Waals surface area contributed by atoms with Gasteiger partial charge in [0.1, 0.15) is 18.1 Å². The first-order valence-electron chi connectivity index (χ1n) is 8.63. The van der Waals surface area contributed by atoms with Gasteiger partial charge in [-0.05, 0) is 23.7 Å². The number of ether oxygens (including phenoxy) is 2. The number of carbonyl (C=O) groups excluding carboxylic acids is 2. The first kappa shape index (κ1) is 19.2. The summed E-state index contributed by atoms with van der Waals surface area (Å²) in [6.45, 7) is 12.6. The molecule has 0 amide bonds. The smallest absolute Gasteiger partial charge is 0.314 e. The van der Waals surface area contributed by atoms with Crippen LogP contribution >= 0.6 is 0 Å². The van der Waals surface area contributed by atoms with Gasteiger partial charge in [-0.15, -0.1) is 0 Å². The Kier molecular flexibility index (Phi) is 5.60. The molecule has 4 unspecified atom stereocenters. The van der Waals surface area contributed by atoms with Crippen molar-refractivity contribution in [1.29, 1.82) is 0 Å². The summed E-state index contributed by atoms with van der Waals surface area (Å²) < 4.78 is 10.8. The van der Waals surface area contributed by atoms with E-state index in [-0.39, 0.29) is 28.9 Å².